The van der Waals surface area contributed by atoms with Crippen molar-refractivity contribution in [3.63, 3.8) is 0 Å². The quantitative estimate of drug-likeness (QED) is 0.794. The summed E-state index contributed by atoms with van der Waals surface area (Å²) >= 11 is 7.93. The van der Waals surface area contributed by atoms with Crippen LogP contribution in [0.1, 0.15) is 23.6 Å². The van der Waals surface area contributed by atoms with Gasteiger partial charge in [0.1, 0.15) is 5.82 Å². The van der Waals surface area contributed by atoms with Crippen molar-refractivity contribution in [3.05, 3.63) is 52.7 Å². The number of hydrogen-bond donors (Lipinski definition) is 2. The van der Waals surface area contributed by atoms with Gasteiger partial charge in [-0.05, 0) is 41.8 Å². The third kappa shape index (κ3) is 4.71. The Labute approximate surface area is 174 Å². The van der Waals surface area contributed by atoms with E-state index < -0.39 is 0 Å². The molecule has 2 aliphatic heterocycles. The number of carbonyl (C=O) groups excluding carboxylic acids is 1. The summed E-state index contributed by atoms with van der Waals surface area (Å²) in [6.07, 6.45) is 2.71. The second-order valence-corrected chi connectivity index (χ2v) is 8.40. The molecule has 1 atom stereocenters. The van der Waals surface area contributed by atoms with Gasteiger partial charge in [-0.3, -0.25) is 0 Å². The van der Waals surface area contributed by atoms with Crippen molar-refractivity contribution in [3.8, 4) is 0 Å². The van der Waals surface area contributed by atoms with Crippen LogP contribution in [-0.4, -0.2) is 43.1 Å². The molecule has 1 fully saturated rings. The normalized spacial score (nSPS) is 19.0. The molecular formula is C20H23ClN4O2S. The van der Waals surface area contributed by atoms with Crippen LogP contribution in [0, 0.1) is 0 Å². The number of carbonyl (C=O) groups is 1. The number of anilines is 1. The summed E-state index contributed by atoms with van der Waals surface area (Å²) < 4.78 is 5.37. The van der Waals surface area contributed by atoms with Crippen molar-refractivity contribution in [1.82, 2.24) is 15.6 Å². The first kappa shape index (κ1) is 19.4. The van der Waals surface area contributed by atoms with Gasteiger partial charge in [0.15, 0.2) is 0 Å². The summed E-state index contributed by atoms with van der Waals surface area (Å²) in [5.74, 6) is 1.93. The summed E-state index contributed by atoms with van der Waals surface area (Å²) in [6.45, 7) is 3.63. The molecule has 0 radical (unpaired) electrons. The number of ether oxygens (including phenoxy) is 1. The van der Waals surface area contributed by atoms with E-state index in [2.05, 4.69) is 20.5 Å². The fourth-order valence-electron chi connectivity index (χ4n) is 3.41. The molecule has 4 rings (SSSR count). The van der Waals surface area contributed by atoms with Crippen LogP contribution in [0.4, 0.5) is 10.6 Å². The third-order valence-electron chi connectivity index (χ3n) is 4.91. The van der Waals surface area contributed by atoms with Gasteiger partial charge in [-0.15, -0.1) is 11.8 Å². The molecule has 3 heterocycles. The number of aromatic nitrogens is 1. The first-order valence-electron chi connectivity index (χ1n) is 9.43. The number of hydrogen-bond acceptors (Lipinski definition) is 5. The predicted octanol–water partition coefficient (Wildman–Crippen LogP) is 3.61. The SMILES string of the molecule is O=C(NCc1ccc(N2CCOCC2)nc1)N[C@H]1CCSc2ccc(Cl)cc21. The van der Waals surface area contributed by atoms with Crippen LogP contribution in [0.5, 0.6) is 0 Å². The maximum absolute atomic E-state index is 12.4. The maximum atomic E-state index is 12.4. The summed E-state index contributed by atoms with van der Waals surface area (Å²) in [4.78, 5) is 20.3. The molecule has 0 unspecified atom stereocenters. The van der Waals surface area contributed by atoms with Gasteiger partial charge < -0.3 is 20.3 Å². The van der Waals surface area contributed by atoms with Crippen molar-refractivity contribution in [2.45, 2.75) is 23.9 Å². The number of fused-ring (bicyclic) bond motifs is 1. The predicted molar refractivity (Wildman–Crippen MR) is 112 cm³/mol. The standard InChI is InChI=1S/C20H23ClN4O2S/c21-15-2-3-18-16(11-15)17(5-10-28-18)24-20(26)23-13-14-1-4-19(22-12-14)25-6-8-27-9-7-25/h1-4,11-12,17H,5-10,13H2,(H2,23,24,26)/t17-/m0/s1. The number of nitrogens with zero attached hydrogens (tertiary/aromatic N) is 2. The minimum absolute atomic E-state index is 0.0169. The van der Waals surface area contributed by atoms with Crippen LogP contribution in [0.3, 0.4) is 0 Å². The molecule has 148 valence electrons. The summed E-state index contributed by atoms with van der Waals surface area (Å²) in [5, 5.41) is 6.69. The van der Waals surface area contributed by atoms with E-state index in [1.54, 1.807) is 11.8 Å². The molecule has 1 saturated heterocycles. The Morgan fingerprint density at radius 2 is 2.14 bits per heavy atom. The smallest absolute Gasteiger partial charge is 0.315 e. The van der Waals surface area contributed by atoms with E-state index in [0.717, 1.165) is 55.4 Å². The molecule has 2 aliphatic rings. The second-order valence-electron chi connectivity index (χ2n) is 6.82. The largest absolute Gasteiger partial charge is 0.378 e. The first-order valence-corrected chi connectivity index (χ1v) is 10.8. The Morgan fingerprint density at radius 3 is 2.93 bits per heavy atom. The molecule has 0 saturated carbocycles. The maximum Gasteiger partial charge on any atom is 0.315 e. The van der Waals surface area contributed by atoms with Crippen LogP contribution in [-0.2, 0) is 11.3 Å². The van der Waals surface area contributed by atoms with Crippen molar-refractivity contribution < 1.29 is 9.53 Å². The average molecular weight is 419 g/mol. The lowest BCUT2D eigenvalue weighted by molar-refractivity contribution is 0.122. The zero-order chi connectivity index (χ0) is 19.3. The zero-order valence-electron chi connectivity index (χ0n) is 15.5. The van der Waals surface area contributed by atoms with E-state index in [4.69, 9.17) is 16.3 Å². The molecule has 2 N–H and O–H groups in total. The Bertz CT molecular complexity index is 827. The zero-order valence-corrected chi connectivity index (χ0v) is 17.1. The van der Waals surface area contributed by atoms with Crippen molar-refractivity contribution in [2.75, 3.05) is 37.0 Å². The monoisotopic (exact) mass is 418 g/mol. The van der Waals surface area contributed by atoms with E-state index in [-0.39, 0.29) is 12.1 Å². The molecule has 0 bridgehead atoms. The number of morpholine rings is 1. The molecule has 0 aliphatic carbocycles. The molecule has 2 aromatic rings. The molecule has 8 heteroatoms. The lowest BCUT2D eigenvalue weighted by Crippen LogP contribution is -2.38. The van der Waals surface area contributed by atoms with Gasteiger partial charge in [0.25, 0.3) is 0 Å². The Balaban J connectivity index is 1.31. The number of pyridine rings is 1. The van der Waals surface area contributed by atoms with E-state index in [9.17, 15) is 4.79 Å². The number of halogens is 1. The Morgan fingerprint density at radius 1 is 1.29 bits per heavy atom. The summed E-state index contributed by atoms with van der Waals surface area (Å²) in [6, 6.07) is 9.67. The van der Waals surface area contributed by atoms with Gasteiger partial charge in [-0.1, -0.05) is 17.7 Å². The molecule has 6 nitrogen and oxygen atoms in total. The lowest BCUT2D eigenvalue weighted by atomic mass is 10.0. The first-order chi connectivity index (χ1) is 13.7. The molecular weight excluding hydrogens is 396 g/mol. The average Bonchev–Trinajstić information content (AvgIpc) is 2.74. The number of nitrogens with one attached hydrogen (secondary N) is 2. The van der Waals surface area contributed by atoms with Crippen LogP contribution in [0.15, 0.2) is 41.4 Å². The van der Waals surface area contributed by atoms with Crippen molar-refractivity contribution in [2.24, 2.45) is 0 Å². The van der Waals surface area contributed by atoms with Gasteiger partial charge in [-0.2, -0.15) is 0 Å². The highest BCUT2D eigenvalue weighted by molar-refractivity contribution is 7.99. The lowest BCUT2D eigenvalue weighted by Gasteiger charge is -2.27. The summed E-state index contributed by atoms with van der Waals surface area (Å²) in [7, 11) is 0. The van der Waals surface area contributed by atoms with Gasteiger partial charge in [-0.25, -0.2) is 9.78 Å². The van der Waals surface area contributed by atoms with Crippen LogP contribution in [0.2, 0.25) is 5.02 Å². The topological polar surface area (TPSA) is 66.5 Å². The Hall–Kier alpha value is -1.96. The van der Waals surface area contributed by atoms with E-state index >= 15 is 0 Å². The van der Waals surface area contributed by atoms with Crippen molar-refractivity contribution >= 4 is 35.2 Å². The third-order valence-corrected chi connectivity index (χ3v) is 6.27. The van der Waals surface area contributed by atoms with E-state index in [0.29, 0.717) is 11.6 Å². The molecule has 0 spiro atoms. The van der Waals surface area contributed by atoms with Gasteiger partial charge in [0.05, 0.1) is 19.3 Å². The fraction of sp³-hybridized carbons (Fsp3) is 0.400. The van der Waals surface area contributed by atoms with Crippen molar-refractivity contribution in [1.29, 1.82) is 0 Å². The molecule has 1 aromatic heterocycles. The number of thioether (sulfide) groups is 1. The number of rotatable bonds is 4. The molecule has 1 aromatic carbocycles. The minimum atomic E-state index is -0.180. The second kappa shape index (κ2) is 9.03. The molecule has 28 heavy (non-hydrogen) atoms. The van der Waals surface area contributed by atoms with Crippen LogP contribution in [0.25, 0.3) is 0 Å². The van der Waals surface area contributed by atoms with Gasteiger partial charge in [0.2, 0.25) is 0 Å². The number of amides is 2. The van der Waals surface area contributed by atoms with E-state index in [1.807, 2.05) is 36.5 Å². The van der Waals surface area contributed by atoms with Gasteiger partial charge >= 0.3 is 6.03 Å². The highest BCUT2D eigenvalue weighted by atomic mass is 35.5. The highest BCUT2D eigenvalue weighted by Crippen LogP contribution is 2.37. The van der Waals surface area contributed by atoms with Gasteiger partial charge in [0, 0.05) is 41.5 Å². The summed E-state index contributed by atoms with van der Waals surface area (Å²) in [5.41, 5.74) is 2.06. The Kier molecular flexibility index (Phi) is 6.24. The molecule has 2 amide bonds. The minimum Gasteiger partial charge on any atom is -0.378 e. The number of urea groups is 1. The highest BCUT2D eigenvalue weighted by Gasteiger charge is 2.22. The van der Waals surface area contributed by atoms with E-state index in [1.165, 1.54) is 4.90 Å². The fourth-order valence-corrected chi connectivity index (χ4v) is 4.69. The number of benzene rings is 1. The van der Waals surface area contributed by atoms with Crippen LogP contribution < -0.4 is 15.5 Å². The van der Waals surface area contributed by atoms with Crippen LogP contribution >= 0.6 is 23.4 Å².